The summed E-state index contributed by atoms with van der Waals surface area (Å²) < 4.78 is 18.5. The molecule has 7 atom stereocenters. The second-order valence-corrected chi connectivity index (χ2v) is 14.3. The number of amides is 5. The molecule has 290 valence electrons. The quantitative estimate of drug-likeness (QED) is 0.239. The number of carboxylic acid groups (broad SMARTS) is 1. The molecule has 5 N–H and O–H groups in total. The number of carbonyl (C=O) groups is 6. The molecule has 6 bridgehead atoms. The van der Waals surface area contributed by atoms with Gasteiger partial charge in [0.25, 0.3) is 0 Å². The van der Waals surface area contributed by atoms with E-state index in [0.29, 0.717) is 30.8 Å². The van der Waals surface area contributed by atoms with Crippen molar-refractivity contribution < 1.29 is 48.1 Å². The van der Waals surface area contributed by atoms with Gasteiger partial charge < -0.3 is 45.5 Å². The zero-order valence-electron chi connectivity index (χ0n) is 30.4. The van der Waals surface area contributed by atoms with Gasteiger partial charge in [0.1, 0.15) is 36.1 Å². The van der Waals surface area contributed by atoms with E-state index in [4.69, 9.17) is 14.2 Å². The highest BCUT2D eigenvalue weighted by Gasteiger charge is 2.55. The first-order chi connectivity index (χ1) is 26.1. The average Bonchev–Trinajstić information content (AvgIpc) is 3.73. The maximum Gasteiger partial charge on any atom is 0.330 e. The van der Waals surface area contributed by atoms with Crippen molar-refractivity contribution in [3.8, 4) is 5.75 Å². The lowest BCUT2D eigenvalue weighted by atomic mass is 9.83. The van der Waals surface area contributed by atoms with E-state index in [0.717, 1.165) is 37.7 Å². The Bertz CT molecular complexity index is 1680. The first-order valence-corrected chi connectivity index (χ1v) is 18.9. The topological polar surface area (TPSA) is 202 Å². The van der Waals surface area contributed by atoms with Crippen LogP contribution < -0.4 is 26.0 Å². The Kier molecular flexibility index (Phi) is 12.8. The summed E-state index contributed by atoms with van der Waals surface area (Å²) in [6, 6.07) is 11.0. The number of hydrogen-bond donors (Lipinski definition) is 5. The molecule has 5 amide bonds. The molecule has 5 aliphatic rings. The van der Waals surface area contributed by atoms with Crippen LogP contribution in [-0.4, -0.2) is 102 Å². The van der Waals surface area contributed by atoms with Gasteiger partial charge in [-0.2, -0.15) is 0 Å². The fourth-order valence-corrected chi connectivity index (χ4v) is 7.80. The Hall–Kier alpha value is -5.02. The Morgan fingerprint density at radius 2 is 1.72 bits per heavy atom. The van der Waals surface area contributed by atoms with E-state index in [2.05, 4.69) is 21.3 Å². The van der Waals surface area contributed by atoms with Crippen LogP contribution in [0.2, 0.25) is 0 Å². The van der Waals surface area contributed by atoms with Crippen LogP contribution in [0.25, 0.3) is 0 Å². The Labute approximate surface area is 313 Å². The Morgan fingerprint density at radius 1 is 0.944 bits per heavy atom. The maximum atomic E-state index is 14.6. The minimum atomic E-state index is -1.32. The molecule has 2 aromatic rings. The number of rotatable bonds is 10. The van der Waals surface area contributed by atoms with Gasteiger partial charge >= 0.3 is 5.97 Å². The summed E-state index contributed by atoms with van der Waals surface area (Å²) in [5.41, 5.74) is 1.11. The smallest absolute Gasteiger partial charge is 0.330 e. The normalized spacial score (nSPS) is 25.8. The zero-order valence-corrected chi connectivity index (χ0v) is 30.4. The summed E-state index contributed by atoms with van der Waals surface area (Å²) in [5, 5.41) is 20.3. The van der Waals surface area contributed by atoms with E-state index in [-0.39, 0.29) is 31.2 Å². The van der Waals surface area contributed by atoms with Crippen LogP contribution in [0.5, 0.6) is 5.75 Å². The van der Waals surface area contributed by atoms with Gasteiger partial charge in [-0.3, -0.25) is 24.0 Å². The van der Waals surface area contributed by atoms with Crippen LogP contribution in [0.1, 0.15) is 75.5 Å². The lowest BCUT2D eigenvalue weighted by Gasteiger charge is -2.35. The average molecular weight is 748 g/mol. The molecule has 0 aromatic heterocycles. The molecule has 1 aliphatic carbocycles. The third-order valence-electron chi connectivity index (χ3n) is 10.5. The third-order valence-corrected chi connectivity index (χ3v) is 10.5. The predicted octanol–water partition coefficient (Wildman–Crippen LogP) is 1.74. The number of nitrogens with one attached hydrogen (secondary N) is 4. The number of carboxylic acids is 1. The monoisotopic (exact) mass is 747 g/mol. The lowest BCUT2D eigenvalue weighted by molar-refractivity contribution is -0.151. The van der Waals surface area contributed by atoms with Crippen molar-refractivity contribution in [3.63, 3.8) is 0 Å². The van der Waals surface area contributed by atoms with Crippen LogP contribution in [0.3, 0.4) is 0 Å². The highest BCUT2D eigenvalue weighted by Crippen LogP contribution is 2.36. The van der Waals surface area contributed by atoms with E-state index in [1.165, 1.54) is 4.90 Å². The summed E-state index contributed by atoms with van der Waals surface area (Å²) in [5.74, 6) is -3.52. The van der Waals surface area contributed by atoms with Gasteiger partial charge in [0.05, 0.1) is 26.1 Å². The van der Waals surface area contributed by atoms with Crippen molar-refractivity contribution in [2.24, 2.45) is 5.92 Å². The molecule has 2 saturated heterocycles. The van der Waals surface area contributed by atoms with Gasteiger partial charge in [-0.15, -0.1) is 0 Å². The number of ether oxygens (including phenoxy) is 3. The number of carbonyl (C=O) groups excluding carboxylic acids is 5. The maximum absolute atomic E-state index is 14.6. The molecular formula is C39H49N5O10. The van der Waals surface area contributed by atoms with Crippen molar-refractivity contribution >= 4 is 35.5 Å². The molecule has 7 rings (SSSR count). The van der Waals surface area contributed by atoms with Crippen molar-refractivity contribution in [2.45, 2.75) is 107 Å². The highest BCUT2D eigenvalue weighted by atomic mass is 16.7. The summed E-state index contributed by atoms with van der Waals surface area (Å²) in [4.78, 5) is 81.6. The summed E-state index contributed by atoms with van der Waals surface area (Å²) in [7, 11) is 0. The number of aliphatic carboxylic acids is 1. The predicted molar refractivity (Wildman–Crippen MR) is 193 cm³/mol. The van der Waals surface area contributed by atoms with Gasteiger partial charge in [-0.1, -0.05) is 68.7 Å². The summed E-state index contributed by atoms with van der Waals surface area (Å²) >= 11 is 0. The molecule has 15 nitrogen and oxygen atoms in total. The van der Waals surface area contributed by atoms with E-state index < -0.39 is 78.8 Å². The zero-order chi connectivity index (χ0) is 38.2. The number of nitrogens with zero attached hydrogens (tertiary/aromatic N) is 1. The molecule has 0 spiro atoms. The van der Waals surface area contributed by atoms with E-state index in [9.17, 15) is 33.9 Å². The minimum absolute atomic E-state index is 0.0473. The van der Waals surface area contributed by atoms with Gasteiger partial charge in [0, 0.05) is 6.42 Å². The number of benzene rings is 2. The largest absolute Gasteiger partial charge is 0.494 e. The molecule has 2 aromatic carbocycles. The fraction of sp³-hybridized carbons (Fsp3) is 0.538. The van der Waals surface area contributed by atoms with Gasteiger partial charge in [0.15, 0.2) is 12.3 Å². The van der Waals surface area contributed by atoms with Gasteiger partial charge in [-0.25, -0.2) is 4.79 Å². The van der Waals surface area contributed by atoms with Crippen LogP contribution in [0, 0.1) is 5.92 Å². The molecule has 0 radical (unpaired) electrons. The highest BCUT2D eigenvalue weighted by molar-refractivity contribution is 5.96. The Balaban J connectivity index is 1.18. The SMILES string of the molecule is CC[C@H](NC(=O)[C@@H]1[C@H]2O[C@H]3CCCOc4cccc(c4)CC(=O)NC(C4CCCCC4)C(=O)N1C[C@@H]2O3)C(=O)NCC(=O)N[C@H](C(=O)O)c1ccccc1. The standard InChI is InChI=1S/C39H49N5O10/c1-2-27(36(47)40-21-30(46)43-33(39(50)51)25-14-7-4-8-15-25)41-37(48)34-35-28-22-44(34)38(49)32(24-12-5-3-6-13-24)42-29(45)20-23-11-9-16-26(19-23)52-18-10-17-31(53-28)54-35/h4,7-9,11,14-16,19,24,27-28,31-35H,2-3,5-6,10,12-13,17-18,20-22H2,1H3,(H,40,47)(H,41,48)(H,42,45)(H,43,46)(H,50,51)/t27-,28-,31-,32?,33-,34-,35-/m0/s1. The van der Waals surface area contributed by atoms with Crippen molar-refractivity contribution in [2.75, 3.05) is 19.7 Å². The Morgan fingerprint density at radius 3 is 2.46 bits per heavy atom. The fourth-order valence-electron chi connectivity index (χ4n) is 7.80. The summed E-state index contributed by atoms with van der Waals surface area (Å²) in [6.45, 7) is 1.59. The molecule has 1 unspecified atom stereocenters. The first kappa shape index (κ1) is 38.7. The molecule has 3 fully saturated rings. The minimum Gasteiger partial charge on any atom is -0.494 e. The van der Waals surface area contributed by atoms with Gasteiger partial charge in [-0.05, 0) is 54.9 Å². The van der Waals surface area contributed by atoms with Crippen LogP contribution in [0.4, 0.5) is 0 Å². The molecule has 4 heterocycles. The first-order valence-electron chi connectivity index (χ1n) is 18.9. The van der Waals surface area contributed by atoms with Crippen molar-refractivity contribution in [1.29, 1.82) is 0 Å². The second-order valence-electron chi connectivity index (χ2n) is 14.3. The third kappa shape index (κ3) is 9.37. The summed E-state index contributed by atoms with van der Waals surface area (Å²) in [6.07, 6.45) is 3.55. The molecular weight excluding hydrogens is 698 g/mol. The van der Waals surface area contributed by atoms with Crippen molar-refractivity contribution in [3.05, 3.63) is 65.7 Å². The second kappa shape index (κ2) is 17.9. The van der Waals surface area contributed by atoms with E-state index >= 15 is 0 Å². The lowest BCUT2D eigenvalue weighted by Crippen LogP contribution is -2.60. The molecule has 15 heteroatoms. The van der Waals surface area contributed by atoms with Gasteiger partial charge in [0.2, 0.25) is 29.5 Å². The van der Waals surface area contributed by atoms with Crippen LogP contribution in [0.15, 0.2) is 54.6 Å². The van der Waals surface area contributed by atoms with E-state index in [1.807, 2.05) is 24.3 Å². The van der Waals surface area contributed by atoms with Crippen LogP contribution in [-0.2, 0) is 44.7 Å². The number of hydrogen-bond acceptors (Lipinski definition) is 9. The van der Waals surface area contributed by atoms with Crippen molar-refractivity contribution in [1.82, 2.24) is 26.2 Å². The number of fused-ring (bicyclic) bond motifs is 7. The molecule has 1 saturated carbocycles. The van der Waals surface area contributed by atoms with Crippen LogP contribution >= 0.6 is 0 Å². The molecule has 4 aliphatic heterocycles. The molecule has 54 heavy (non-hydrogen) atoms. The van der Waals surface area contributed by atoms with E-state index in [1.54, 1.807) is 37.3 Å².